The molecule has 0 N–H and O–H groups in total. The fraction of sp³-hybridized carbons (Fsp3) is 0.286. The molecule has 2 rings (SSSR count). The van der Waals surface area contributed by atoms with E-state index in [4.69, 9.17) is 0 Å². The molecule has 0 aliphatic heterocycles. The molecule has 1 aromatic carbocycles. The molecule has 1 heterocycles. The maximum atomic E-state index is 12.4. The summed E-state index contributed by atoms with van der Waals surface area (Å²) in [5, 5.41) is 4.04. The van der Waals surface area contributed by atoms with E-state index >= 15 is 0 Å². The maximum absolute atomic E-state index is 12.4. The highest BCUT2D eigenvalue weighted by Gasteiger charge is 2.16. The van der Waals surface area contributed by atoms with Crippen LogP contribution in [0, 0.1) is 20.8 Å². The number of aromatic nitrogens is 2. The third kappa shape index (κ3) is 2.13. The van der Waals surface area contributed by atoms with E-state index in [9.17, 15) is 4.79 Å². The van der Waals surface area contributed by atoms with E-state index in [-0.39, 0.29) is 5.78 Å². The summed E-state index contributed by atoms with van der Waals surface area (Å²) in [6, 6.07) is 4.08. The van der Waals surface area contributed by atoms with Crippen LogP contribution in [0.3, 0.4) is 0 Å². The average Bonchev–Trinajstić information content (AvgIpc) is 2.63. The van der Waals surface area contributed by atoms with E-state index in [0.29, 0.717) is 5.56 Å². The van der Waals surface area contributed by atoms with E-state index in [0.717, 1.165) is 16.7 Å². The molecule has 0 unspecified atom stereocenters. The largest absolute Gasteiger partial charge is 0.288 e. The standard InChI is InChI=1S/C14H16N2O/c1-9-5-10(2)13(11(3)6-9)14(17)12-7-15-16(4)8-12/h5-8H,1-4H3. The normalized spacial score (nSPS) is 10.6. The molecular formula is C14H16N2O. The summed E-state index contributed by atoms with van der Waals surface area (Å²) in [6.07, 6.45) is 3.36. The highest BCUT2D eigenvalue weighted by Crippen LogP contribution is 2.19. The molecule has 0 aliphatic carbocycles. The van der Waals surface area contributed by atoms with Gasteiger partial charge >= 0.3 is 0 Å². The lowest BCUT2D eigenvalue weighted by atomic mass is 9.94. The number of hydrogen-bond acceptors (Lipinski definition) is 2. The number of ketones is 1. The Kier molecular flexibility index (Phi) is 2.84. The molecule has 0 saturated heterocycles. The number of carbonyl (C=O) groups excluding carboxylic acids is 1. The summed E-state index contributed by atoms with van der Waals surface area (Å²) in [7, 11) is 1.81. The molecular weight excluding hydrogens is 212 g/mol. The van der Waals surface area contributed by atoms with Crippen LogP contribution in [0.2, 0.25) is 0 Å². The molecule has 17 heavy (non-hydrogen) atoms. The monoisotopic (exact) mass is 228 g/mol. The van der Waals surface area contributed by atoms with Crippen LogP contribution in [0.5, 0.6) is 0 Å². The van der Waals surface area contributed by atoms with Gasteiger partial charge in [0.1, 0.15) is 0 Å². The van der Waals surface area contributed by atoms with Crippen molar-refractivity contribution in [2.45, 2.75) is 20.8 Å². The zero-order chi connectivity index (χ0) is 12.6. The summed E-state index contributed by atoms with van der Waals surface area (Å²) >= 11 is 0. The molecule has 3 heteroatoms. The van der Waals surface area contributed by atoms with Crippen molar-refractivity contribution in [3.8, 4) is 0 Å². The van der Waals surface area contributed by atoms with Gasteiger partial charge in [-0.3, -0.25) is 9.48 Å². The van der Waals surface area contributed by atoms with Gasteiger partial charge in [-0.15, -0.1) is 0 Å². The number of nitrogens with zero attached hydrogens (tertiary/aromatic N) is 2. The number of aryl methyl sites for hydroxylation is 4. The van der Waals surface area contributed by atoms with Gasteiger partial charge in [-0.05, 0) is 31.9 Å². The second kappa shape index (κ2) is 4.17. The number of rotatable bonds is 2. The lowest BCUT2D eigenvalue weighted by molar-refractivity contribution is 0.103. The first-order chi connectivity index (χ1) is 7.99. The zero-order valence-corrected chi connectivity index (χ0v) is 10.6. The molecule has 3 nitrogen and oxygen atoms in total. The van der Waals surface area contributed by atoms with E-state index in [1.165, 1.54) is 5.56 Å². The minimum atomic E-state index is 0.0492. The van der Waals surface area contributed by atoms with Crippen LogP contribution in [0.1, 0.15) is 32.6 Å². The third-order valence-corrected chi connectivity index (χ3v) is 2.87. The summed E-state index contributed by atoms with van der Waals surface area (Å²) in [5.74, 6) is 0.0492. The minimum Gasteiger partial charge on any atom is -0.288 e. The first-order valence-corrected chi connectivity index (χ1v) is 5.60. The molecule has 0 spiro atoms. The molecule has 0 radical (unpaired) electrons. The Morgan fingerprint density at radius 3 is 2.24 bits per heavy atom. The van der Waals surface area contributed by atoms with E-state index in [2.05, 4.69) is 5.10 Å². The smallest absolute Gasteiger partial charge is 0.196 e. The number of benzene rings is 1. The van der Waals surface area contributed by atoms with E-state index in [1.807, 2.05) is 40.0 Å². The second-order valence-corrected chi connectivity index (χ2v) is 4.51. The molecule has 1 aromatic heterocycles. The predicted molar refractivity (Wildman–Crippen MR) is 67.3 cm³/mol. The van der Waals surface area contributed by atoms with Gasteiger partial charge in [-0.25, -0.2) is 0 Å². The molecule has 0 fully saturated rings. The zero-order valence-electron chi connectivity index (χ0n) is 10.6. The Hall–Kier alpha value is -1.90. The summed E-state index contributed by atoms with van der Waals surface area (Å²) in [4.78, 5) is 12.4. The average molecular weight is 228 g/mol. The fourth-order valence-corrected chi connectivity index (χ4v) is 2.22. The molecule has 0 atom stereocenters. The molecule has 0 aliphatic rings. The number of hydrogen-bond donors (Lipinski definition) is 0. The predicted octanol–water partition coefficient (Wildman–Crippen LogP) is 2.58. The first kappa shape index (κ1) is 11.6. The minimum absolute atomic E-state index is 0.0492. The van der Waals surface area contributed by atoms with Crippen LogP contribution < -0.4 is 0 Å². The quantitative estimate of drug-likeness (QED) is 0.740. The Labute approximate surface area is 101 Å². The van der Waals surface area contributed by atoms with Gasteiger partial charge in [0.15, 0.2) is 5.78 Å². The van der Waals surface area contributed by atoms with Crippen molar-refractivity contribution in [1.82, 2.24) is 9.78 Å². The third-order valence-electron chi connectivity index (χ3n) is 2.87. The van der Waals surface area contributed by atoms with Crippen LogP contribution in [0.15, 0.2) is 24.5 Å². The number of carbonyl (C=O) groups is 1. The summed E-state index contributed by atoms with van der Waals surface area (Å²) < 4.78 is 1.64. The molecule has 0 bridgehead atoms. The topological polar surface area (TPSA) is 34.9 Å². The highest BCUT2D eigenvalue weighted by atomic mass is 16.1. The van der Waals surface area contributed by atoms with Crippen molar-refractivity contribution < 1.29 is 4.79 Å². The fourth-order valence-electron chi connectivity index (χ4n) is 2.22. The van der Waals surface area contributed by atoms with Gasteiger partial charge in [0.05, 0.1) is 11.8 Å². The lowest BCUT2D eigenvalue weighted by Crippen LogP contribution is -2.06. The van der Waals surface area contributed by atoms with Gasteiger partial charge in [-0.1, -0.05) is 17.7 Å². The van der Waals surface area contributed by atoms with Gasteiger partial charge < -0.3 is 0 Å². The van der Waals surface area contributed by atoms with Crippen molar-refractivity contribution in [2.24, 2.45) is 7.05 Å². The molecule has 0 amide bonds. The van der Waals surface area contributed by atoms with E-state index < -0.39 is 0 Å². The van der Waals surface area contributed by atoms with Gasteiger partial charge in [0, 0.05) is 18.8 Å². The van der Waals surface area contributed by atoms with Crippen LogP contribution >= 0.6 is 0 Å². The van der Waals surface area contributed by atoms with Crippen molar-refractivity contribution in [3.63, 3.8) is 0 Å². The summed E-state index contributed by atoms with van der Waals surface area (Å²) in [6.45, 7) is 5.99. The van der Waals surface area contributed by atoms with Crippen molar-refractivity contribution in [3.05, 3.63) is 52.3 Å². The lowest BCUT2D eigenvalue weighted by Gasteiger charge is -2.09. The van der Waals surface area contributed by atoms with Crippen LogP contribution in [-0.4, -0.2) is 15.6 Å². The maximum Gasteiger partial charge on any atom is 0.196 e. The summed E-state index contributed by atoms with van der Waals surface area (Å²) in [5.41, 5.74) is 4.67. The van der Waals surface area contributed by atoms with Crippen LogP contribution in [0.4, 0.5) is 0 Å². The van der Waals surface area contributed by atoms with Gasteiger partial charge in [0.2, 0.25) is 0 Å². The molecule has 0 saturated carbocycles. The van der Waals surface area contributed by atoms with Gasteiger partial charge in [0.25, 0.3) is 0 Å². The Bertz CT molecular complexity index is 559. The van der Waals surface area contributed by atoms with Crippen molar-refractivity contribution in [2.75, 3.05) is 0 Å². The highest BCUT2D eigenvalue weighted by molar-refractivity contribution is 6.10. The molecule has 2 aromatic rings. The Balaban J connectivity index is 2.51. The van der Waals surface area contributed by atoms with Crippen molar-refractivity contribution in [1.29, 1.82) is 0 Å². The van der Waals surface area contributed by atoms with Crippen LogP contribution in [-0.2, 0) is 7.05 Å². The Morgan fingerprint density at radius 1 is 1.18 bits per heavy atom. The first-order valence-electron chi connectivity index (χ1n) is 5.60. The second-order valence-electron chi connectivity index (χ2n) is 4.51. The van der Waals surface area contributed by atoms with Gasteiger partial charge in [-0.2, -0.15) is 5.10 Å². The SMILES string of the molecule is Cc1cc(C)c(C(=O)c2cnn(C)c2)c(C)c1. The van der Waals surface area contributed by atoms with Crippen molar-refractivity contribution >= 4 is 5.78 Å². The van der Waals surface area contributed by atoms with Crippen LogP contribution in [0.25, 0.3) is 0 Å². The Morgan fingerprint density at radius 2 is 1.76 bits per heavy atom. The van der Waals surface area contributed by atoms with E-state index in [1.54, 1.807) is 17.1 Å². The molecule has 88 valence electrons.